The highest BCUT2D eigenvalue weighted by atomic mass is 32.2. The van der Waals surface area contributed by atoms with E-state index in [9.17, 15) is 0 Å². The first-order valence-electron chi connectivity index (χ1n) is 4.60. The highest BCUT2D eigenvalue weighted by molar-refractivity contribution is 7.98. The van der Waals surface area contributed by atoms with Crippen molar-refractivity contribution in [2.45, 2.75) is 6.54 Å². The van der Waals surface area contributed by atoms with Crippen LogP contribution < -0.4 is 5.73 Å². The first-order chi connectivity index (χ1) is 6.72. The van der Waals surface area contributed by atoms with Crippen molar-refractivity contribution >= 4 is 17.6 Å². The first-order valence-corrected chi connectivity index (χ1v) is 5.99. The molecule has 14 heavy (non-hydrogen) atoms. The normalized spacial score (nSPS) is 10.8. The Labute approximate surface area is 89.7 Å². The third-order valence-electron chi connectivity index (χ3n) is 1.98. The summed E-state index contributed by atoms with van der Waals surface area (Å²) in [6.45, 7) is 2.04. The van der Waals surface area contributed by atoms with E-state index in [-0.39, 0.29) is 0 Å². The Morgan fingerprint density at radius 2 is 2.36 bits per heavy atom. The van der Waals surface area contributed by atoms with E-state index in [1.165, 1.54) is 5.56 Å². The fraction of sp³-hybridized carbons (Fsp3) is 0.500. The highest BCUT2D eigenvalue weighted by Crippen LogP contribution is 2.06. The van der Waals surface area contributed by atoms with Crippen molar-refractivity contribution < 1.29 is 0 Å². The molecule has 1 rings (SSSR count). The molecule has 1 aromatic rings. The smallest absolute Gasteiger partial charge is 0.123 e. The lowest BCUT2D eigenvalue weighted by atomic mass is 10.2. The van der Waals surface area contributed by atoms with Crippen LogP contribution in [0.3, 0.4) is 0 Å². The van der Waals surface area contributed by atoms with E-state index in [1.807, 2.05) is 23.9 Å². The minimum absolute atomic E-state index is 0.598. The van der Waals surface area contributed by atoms with Gasteiger partial charge in [-0.1, -0.05) is 0 Å². The molecule has 0 aliphatic rings. The Hall–Kier alpha value is -0.740. The van der Waals surface area contributed by atoms with Crippen LogP contribution in [0.1, 0.15) is 5.56 Å². The van der Waals surface area contributed by atoms with Gasteiger partial charge in [-0.15, -0.1) is 0 Å². The first kappa shape index (κ1) is 11.3. The van der Waals surface area contributed by atoms with Crippen molar-refractivity contribution in [3.05, 3.63) is 23.9 Å². The molecular formula is C10H17N3S. The lowest BCUT2D eigenvalue weighted by Gasteiger charge is -2.15. The molecule has 0 saturated heterocycles. The average molecular weight is 211 g/mol. The molecule has 0 aliphatic carbocycles. The molecule has 2 N–H and O–H groups in total. The maximum absolute atomic E-state index is 5.60. The van der Waals surface area contributed by atoms with Gasteiger partial charge in [0.2, 0.25) is 0 Å². The van der Waals surface area contributed by atoms with E-state index in [4.69, 9.17) is 5.73 Å². The number of pyridine rings is 1. The predicted octanol–water partition coefficient (Wildman–Crippen LogP) is 1.46. The van der Waals surface area contributed by atoms with Gasteiger partial charge in [0, 0.05) is 25.0 Å². The molecule has 1 heterocycles. The lowest BCUT2D eigenvalue weighted by molar-refractivity contribution is 0.349. The number of aromatic nitrogens is 1. The topological polar surface area (TPSA) is 42.2 Å². The minimum Gasteiger partial charge on any atom is -0.384 e. The second-order valence-electron chi connectivity index (χ2n) is 3.32. The van der Waals surface area contributed by atoms with Gasteiger partial charge in [0.05, 0.1) is 0 Å². The van der Waals surface area contributed by atoms with Crippen LogP contribution in [0.25, 0.3) is 0 Å². The van der Waals surface area contributed by atoms with E-state index in [2.05, 4.69) is 23.2 Å². The molecule has 4 heteroatoms. The summed E-state index contributed by atoms with van der Waals surface area (Å²) in [5.41, 5.74) is 6.82. The van der Waals surface area contributed by atoms with E-state index in [1.54, 1.807) is 6.20 Å². The Morgan fingerprint density at radius 3 is 3.00 bits per heavy atom. The number of thioether (sulfide) groups is 1. The van der Waals surface area contributed by atoms with Gasteiger partial charge >= 0.3 is 0 Å². The van der Waals surface area contributed by atoms with Gasteiger partial charge in [-0.3, -0.25) is 0 Å². The van der Waals surface area contributed by atoms with Crippen LogP contribution in [0, 0.1) is 0 Å². The van der Waals surface area contributed by atoms with Crippen molar-refractivity contribution in [1.82, 2.24) is 9.88 Å². The lowest BCUT2D eigenvalue weighted by Crippen LogP contribution is -2.20. The molecular weight excluding hydrogens is 194 g/mol. The summed E-state index contributed by atoms with van der Waals surface area (Å²) in [6, 6.07) is 3.93. The van der Waals surface area contributed by atoms with Gasteiger partial charge in [-0.2, -0.15) is 11.8 Å². The zero-order valence-corrected chi connectivity index (χ0v) is 9.55. The summed E-state index contributed by atoms with van der Waals surface area (Å²) in [4.78, 5) is 6.25. The molecule has 78 valence electrons. The summed E-state index contributed by atoms with van der Waals surface area (Å²) in [5, 5.41) is 0. The van der Waals surface area contributed by atoms with Crippen LogP contribution in [0.15, 0.2) is 18.3 Å². The van der Waals surface area contributed by atoms with Gasteiger partial charge in [0.1, 0.15) is 5.82 Å². The van der Waals surface area contributed by atoms with E-state index in [0.29, 0.717) is 5.82 Å². The minimum atomic E-state index is 0.598. The number of hydrogen-bond donors (Lipinski definition) is 1. The van der Waals surface area contributed by atoms with Gasteiger partial charge in [0.15, 0.2) is 0 Å². The Balaban J connectivity index is 2.43. The third-order valence-corrected chi connectivity index (χ3v) is 2.57. The molecule has 0 aliphatic heterocycles. The largest absolute Gasteiger partial charge is 0.384 e. The molecule has 0 amide bonds. The summed E-state index contributed by atoms with van der Waals surface area (Å²) < 4.78 is 0. The third kappa shape index (κ3) is 3.98. The summed E-state index contributed by atoms with van der Waals surface area (Å²) in [7, 11) is 2.12. The Kier molecular flexibility index (Phi) is 4.76. The van der Waals surface area contributed by atoms with Crippen molar-refractivity contribution in [2.24, 2.45) is 0 Å². The van der Waals surface area contributed by atoms with Gasteiger partial charge in [0.25, 0.3) is 0 Å². The molecule has 0 unspecified atom stereocenters. The SMILES string of the molecule is CSCCN(C)Cc1ccnc(N)c1. The van der Waals surface area contributed by atoms with E-state index < -0.39 is 0 Å². The Bertz CT molecular complexity index is 278. The molecule has 0 saturated carbocycles. The quantitative estimate of drug-likeness (QED) is 0.800. The summed E-state index contributed by atoms with van der Waals surface area (Å²) in [6.07, 6.45) is 3.88. The molecule has 3 nitrogen and oxygen atoms in total. The van der Waals surface area contributed by atoms with Gasteiger partial charge < -0.3 is 10.6 Å². The maximum atomic E-state index is 5.60. The van der Waals surface area contributed by atoms with Crippen LogP contribution >= 0.6 is 11.8 Å². The number of nitrogens with two attached hydrogens (primary N) is 1. The molecule has 0 atom stereocenters. The van der Waals surface area contributed by atoms with Crippen LogP contribution in [-0.2, 0) is 6.54 Å². The number of nitrogens with zero attached hydrogens (tertiary/aromatic N) is 2. The predicted molar refractivity (Wildman–Crippen MR) is 63.4 cm³/mol. The molecule has 1 aromatic heterocycles. The van der Waals surface area contributed by atoms with Crippen molar-refractivity contribution in [3.8, 4) is 0 Å². The maximum Gasteiger partial charge on any atom is 0.123 e. The van der Waals surface area contributed by atoms with Crippen LogP contribution in [0.2, 0.25) is 0 Å². The van der Waals surface area contributed by atoms with E-state index in [0.717, 1.165) is 18.8 Å². The van der Waals surface area contributed by atoms with Gasteiger partial charge in [-0.05, 0) is 31.0 Å². The number of anilines is 1. The second kappa shape index (κ2) is 5.88. The number of nitrogen functional groups attached to an aromatic ring is 1. The zero-order valence-electron chi connectivity index (χ0n) is 8.73. The zero-order chi connectivity index (χ0) is 10.4. The fourth-order valence-electron chi connectivity index (χ4n) is 1.23. The molecule has 0 fully saturated rings. The van der Waals surface area contributed by atoms with Crippen molar-refractivity contribution in [1.29, 1.82) is 0 Å². The van der Waals surface area contributed by atoms with Crippen molar-refractivity contribution in [2.75, 3.05) is 31.3 Å². The molecule has 0 radical (unpaired) electrons. The van der Waals surface area contributed by atoms with Gasteiger partial charge in [-0.25, -0.2) is 4.98 Å². The molecule has 0 aromatic carbocycles. The standard InChI is InChI=1S/C10H17N3S/c1-13(5-6-14-2)8-9-3-4-12-10(11)7-9/h3-4,7H,5-6,8H2,1-2H3,(H2,11,12). The molecule has 0 bridgehead atoms. The summed E-state index contributed by atoms with van der Waals surface area (Å²) >= 11 is 1.86. The van der Waals surface area contributed by atoms with Crippen LogP contribution in [0.4, 0.5) is 5.82 Å². The number of rotatable bonds is 5. The second-order valence-corrected chi connectivity index (χ2v) is 4.31. The molecule has 0 spiro atoms. The fourth-order valence-corrected chi connectivity index (χ4v) is 1.72. The highest BCUT2D eigenvalue weighted by Gasteiger charge is 2.00. The summed E-state index contributed by atoms with van der Waals surface area (Å²) in [5.74, 6) is 1.76. The number of hydrogen-bond acceptors (Lipinski definition) is 4. The average Bonchev–Trinajstić information content (AvgIpc) is 2.15. The van der Waals surface area contributed by atoms with Crippen LogP contribution in [-0.4, -0.2) is 35.5 Å². The van der Waals surface area contributed by atoms with E-state index >= 15 is 0 Å². The monoisotopic (exact) mass is 211 g/mol. The van der Waals surface area contributed by atoms with Crippen LogP contribution in [0.5, 0.6) is 0 Å². The van der Waals surface area contributed by atoms with Crippen molar-refractivity contribution in [3.63, 3.8) is 0 Å². The Morgan fingerprint density at radius 1 is 1.57 bits per heavy atom.